The molecule has 1 atom stereocenters. The summed E-state index contributed by atoms with van der Waals surface area (Å²) in [6, 6.07) is 5.04. The number of furan rings is 1. The molecule has 0 fully saturated rings. The van der Waals surface area contributed by atoms with Gasteiger partial charge in [-0.05, 0) is 37.0 Å². The van der Waals surface area contributed by atoms with E-state index in [0.717, 1.165) is 22.2 Å². The van der Waals surface area contributed by atoms with Crippen molar-refractivity contribution >= 4 is 16.9 Å². The molecule has 1 N–H and O–H groups in total. The van der Waals surface area contributed by atoms with E-state index in [2.05, 4.69) is 13.8 Å². The fourth-order valence-corrected chi connectivity index (χ4v) is 3.91. The van der Waals surface area contributed by atoms with Crippen LogP contribution in [0.3, 0.4) is 0 Å². The summed E-state index contributed by atoms with van der Waals surface area (Å²) in [5.41, 5.74) is 2.60. The van der Waals surface area contributed by atoms with Gasteiger partial charge in [0.05, 0.1) is 18.6 Å². The lowest BCUT2D eigenvalue weighted by Gasteiger charge is -2.33. The summed E-state index contributed by atoms with van der Waals surface area (Å²) in [6.07, 6.45) is 3.82. The van der Waals surface area contributed by atoms with Crippen LogP contribution >= 0.6 is 0 Å². The molecule has 0 aliphatic carbocycles. The third-order valence-corrected chi connectivity index (χ3v) is 5.19. The van der Waals surface area contributed by atoms with Gasteiger partial charge in [0.1, 0.15) is 5.56 Å². The van der Waals surface area contributed by atoms with E-state index in [0.29, 0.717) is 12.0 Å². The van der Waals surface area contributed by atoms with E-state index in [1.165, 1.54) is 12.3 Å². The first-order chi connectivity index (χ1) is 12.9. The minimum Gasteiger partial charge on any atom is -0.504 e. The highest BCUT2D eigenvalue weighted by atomic mass is 16.5. The van der Waals surface area contributed by atoms with Gasteiger partial charge in [-0.25, -0.2) is 4.79 Å². The fraction of sp³-hybridized carbons (Fsp3) is 0.333. The highest BCUT2D eigenvalue weighted by molar-refractivity contribution is 5.99. The van der Waals surface area contributed by atoms with Crippen LogP contribution in [0, 0.1) is 5.92 Å². The number of hydrogen-bond acceptors (Lipinski definition) is 5. The van der Waals surface area contributed by atoms with Crippen LogP contribution in [-0.2, 0) is 11.2 Å². The van der Waals surface area contributed by atoms with E-state index in [1.807, 2.05) is 4.57 Å². The molecule has 6 heteroatoms. The zero-order chi connectivity index (χ0) is 19.3. The second-order valence-electron chi connectivity index (χ2n) is 7.17. The Morgan fingerprint density at radius 3 is 2.89 bits per heavy atom. The quantitative estimate of drug-likeness (QED) is 0.710. The number of phenols is 1. The number of carbonyl (C=O) groups is 1. The van der Waals surface area contributed by atoms with Gasteiger partial charge in [0.15, 0.2) is 16.8 Å². The summed E-state index contributed by atoms with van der Waals surface area (Å²) >= 11 is 0. The summed E-state index contributed by atoms with van der Waals surface area (Å²) in [6.45, 7) is 6.12. The molecule has 4 rings (SSSR count). The van der Waals surface area contributed by atoms with Gasteiger partial charge < -0.3 is 18.8 Å². The van der Waals surface area contributed by atoms with Crippen molar-refractivity contribution in [2.45, 2.75) is 33.2 Å². The third kappa shape index (κ3) is 2.63. The Bertz CT molecular complexity index is 1110. The molecule has 1 aliphatic heterocycles. The molecule has 2 aromatic heterocycles. The smallest absolute Gasteiger partial charge is 0.343 e. The lowest BCUT2D eigenvalue weighted by Crippen LogP contribution is -2.28. The van der Waals surface area contributed by atoms with Crippen LogP contribution in [-0.4, -0.2) is 22.2 Å². The number of aromatic nitrogens is 1. The lowest BCUT2D eigenvalue weighted by atomic mass is 9.85. The topological polar surface area (TPSA) is 81.7 Å². The van der Waals surface area contributed by atoms with E-state index in [-0.39, 0.29) is 35.3 Å². The molecular weight excluding hydrogens is 346 g/mol. The molecule has 0 radical (unpaired) electrons. The zero-order valence-electron chi connectivity index (χ0n) is 15.5. The lowest BCUT2D eigenvalue weighted by molar-refractivity contribution is 0.0523. The normalized spacial score (nSPS) is 15.6. The molecule has 0 spiro atoms. The number of fused-ring (bicyclic) bond motifs is 5. The van der Waals surface area contributed by atoms with E-state index in [4.69, 9.17) is 9.15 Å². The van der Waals surface area contributed by atoms with Gasteiger partial charge in [-0.2, -0.15) is 0 Å². The minimum absolute atomic E-state index is 0.0388. The number of benzene rings is 1. The number of nitrogens with zero attached hydrogens (tertiary/aromatic N) is 1. The summed E-state index contributed by atoms with van der Waals surface area (Å²) in [7, 11) is 0. The van der Waals surface area contributed by atoms with E-state index in [1.54, 1.807) is 25.3 Å². The average Bonchev–Trinajstić information content (AvgIpc) is 3.10. The van der Waals surface area contributed by atoms with Crippen molar-refractivity contribution in [1.82, 2.24) is 4.57 Å². The Balaban J connectivity index is 2.03. The van der Waals surface area contributed by atoms with Gasteiger partial charge in [0, 0.05) is 29.3 Å². The SMILES string of the molecule is CCOC(=O)c1cn2c(cc1=O)-c1c(cc(O)c3occc13)CC2C(C)C. The standard InChI is InChI=1S/C21H21NO5/c1-4-26-21(25)14-10-22-15(11(2)3)7-12-8-18(24)20-13(5-6-27-20)19(12)16(22)9-17(14)23/h5-6,8-11,15,24H,4,7H2,1-3H3. The Hall–Kier alpha value is -3.02. The number of carbonyl (C=O) groups excluding carboxylic acids is 1. The number of phenolic OH excluding ortho intramolecular Hbond substituents is 1. The molecule has 0 saturated heterocycles. The maximum Gasteiger partial charge on any atom is 0.343 e. The van der Waals surface area contributed by atoms with E-state index in [9.17, 15) is 14.7 Å². The molecule has 0 amide bonds. The van der Waals surface area contributed by atoms with Crippen molar-refractivity contribution in [1.29, 1.82) is 0 Å². The number of hydrogen-bond donors (Lipinski definition) is 1. The third-order valence-electron chi connectivity index (χ3n) is 5.19. The van der Waals surface area contributed by atoms with Crippen LogP contribution in [0.1, 0.15) is 42.7 Å². The molecule has 140 valence electrons. The Morgan fingerprint density at radius 2 is 2.19 bits per heavy atom. The molecule has 0 bridgehead atoms. The Morgan fingerprint density at radius 1 is 1.41 bits per heavy atom. The molecule has 3 heterocycles. The van der Waals surface area contributed by atoms with Gasteiger partial charge in [-0.3, -0.25) is 4.79 Å². The number of esters is 1. The minimum atomic E-state index is -0.606. The van der Waals surface area contributed by atoms with E-state index >= 15 is 0 Å². The van der Waals surface area contributed by atoms with Gasteiger partial charge >= 0.3 is 5.97 Å². The summed E-state index contributed by atoms with van der Waals surface area (Å²) in [4.78, 5) is 24.9. The first-order valence-corrected chi connectivity index (χ1v) is 9.08. The van der Waals surface area contributed by atoms with Crippen LogP contribution in [0.25, 0.3) is 22.2 Å². The number of rotatable bonds is 3. The van der Waals surface area contributed by atoms with Gasteiger partial charge in [0.2, 0.25) is 0 Å². The predicted octanol–water partition coefficient (Wildman–Crippen LogP) is 3.90. The molecular formula is C21H21NO5. The number of aromatic hydroxyl groups is 1. The highest BCUT2D eigenvalue weighted by Gasteiger charge is 2.30. The first kappa shape index (κ1) is 17.4. The monoisotopic (exact) mass is 367 g/mol. The van der Waals surface area contributed by atoms with Crippen LogP contribution in [0.5, 0.6) is 5.75 Å². The summed E-state index contributed by atoms with van der Waals surface area (Å²) < 4.78 is 12.4. The second kappa shape index (κ2) is 6.30. The molecule has 1 aromatic carbocycles. The van der Waals surface area contributed by atoms with Crippen LogP contribution in [0.15, 0.2) is 39.9 Å². The van der Waals surface area contributed by atoms with Gasteiger partial charge in [0.25, 0.3) is 0 Å². The molecule has 0 saturated carbocycles. The molecule has 6 nitrogen and oxygen atoms in total. The first-order valence-electron chi connectivity index (χ1n) is 9.08. The summed E-state index contributed by atoms with van der Waals surface area (Å²) in [5, 5.41) is 11.0. The van der Waals surface area contributed by atoms with E-state index < -0.39 is 5.97 Å². The van der Waals surface area contributed by atoms with Gasteiger partial charge in [-0.15, -0.1) is 0 Å². The van der Waals surface area contributed by atoms with Crippen molar-refractivity contribution in [2.24, 2.45) is 5.92 Å². The van der Waals surface area contributed by atoms with Crippen LogP contribution in [0.4, 0.5) is 0 Å². The second-order valence-corrected chi connectivity index (χ2v) is 7.17. The van der Waals surface area contributed by atoms with Crippen molar-refractivity contribution in [2.75, 3.05) is 6.61 Å². The predicted molar refractivity (Wildman–Crippen MR) is 101 cm³/mol. The van der Waals surface area contributed by atoms with Crippen molar-refractivity contribution < 1.29 is 19.1 Å². The van der Waals surface area contributed by atoms with Crippen molar-refractivity contribution in [3.63, 3.8) is 0 Å². The Labute approximate surface area is 156 Å². The maximum atomic E-state index is 12.6. The highest BCUT2D eigenvalue weighted by Crippen LogP contribution is 2.44. The maximum absolute atomic E-state index is 12.6. The van der Waals surface area contributed by atoms with Crippen LogP contribution < -0.4 is 5.43 Å². The summed E-state index contributed by atoms with van der Waals surface area (Å²) in [5.74, 6) is -0.253. The molecule has 1 unspecified atom stereocenters. The zero-order valence-corrected chi connectivity index (χ0v) is 15.5. The molecule has 1 aliphatic rings. The van der Waals surface area contributed by atoms with Gasteiger partial charge in [-0.1, -0.05) is 13.8 Å². The van der Waals surface area contributed by atoms with Crippen molar-refractivity contribution in [3.8, 4) is 17.0 Å². The van der Waals surface area contributed by atoms with Crippen molar-refractivity contribution in [3.05, 3.63) is 52.0 Å². The Kier molecular flexibility index (Phi) is 4.06. The number of ether oxygens (including phenoxy) is 1. The van der Waals surface area contributed by atoms with Crippen LogP contribution in [0.2, 0.25) is 0 Å². The molecule has 27 heavy (non-hydrogen) atoms. The average molecular weight is 367 g/mol. The molecule has 3 aromatic rings. The fourth-order valence-electron chi connectivity index (χ4n) is 3.91. The largest absolute Gasteiger partial charge is 0.504 e. The number of pyridine rings is 1.